The van der Waals surface area contributed by atoms with Crippen LogP contribution in [0.3, 0.4) is 0 Å². The van der Waals surface area contributed by atoms with Gasteiger partial charge in [-0.25, -0.2) is 0 Å². The van der Waals surface area contributed by atoms with E-state index in [9.17, 15) is 0 Å². The molecule has 1 rings (SSSR count). The third kappa shape index (κ3) is 4.43. The first-order chi connectivity index (χ1) is 4.93. The Morgan fingerprint density at radius 3 is 2.36 bits per heavy atom. The average Bonchev–Trinajstić information content (AvgIpc) is 2.03. The van der Waals surface area contributed by atoms with Crippen molar-refractivity contribution in [3.8, 4) is 0 Å². The Kier molecular flexibility index (Phi) is 6.67. The predicted octanol–water partition coefficient (Wildman–Crippen LogP) is 2.87. The summed E-state index contributed by atoms with van der Waals surface area (Å²) < 4.78 is 0. The Morgan fingerprint density at radius 2 is 1.82 bits per heavy atom. The summed E-state index contributed by atoms with van der Waals surface area (Å²) >= 11 is 0. The molecule has 0 saturated carbocycles. The molecule has 0 radical (unpaired) electrons. The van der Waals surface area contributed by atoms with Crippen molar-refractivity contribution in [1.29, 1.82) is 0 Å². The minimum absolute atomic E-state index is 0. The van der Waals surface area contributed by atoms with Crippen LogP contribution >= 0.6 is 0 Å². The van der Waals surface area contributed by atoms with Crippen molar-refractivity contribution in [2.75, 3.05) is 0 Å². The maximum Gasteiger partial charge on any atom is 2.00 e. The van der Waals surface area contributed by atoms with Crippen LogP contribution in [0, 0.1) is 0 Å². The van der Waals surface area contributed by atoms with E-state index < -0.39 is 0 Å². The second kappa shape index (κ2) is 6.68. The largest absolute Gasteiger partial charge is 2.00 e. The first kappa shape index (κ1) is 11.0. The summed E-state index contributed by atoms with van der Waals surface area (Å²) in [7, 11) is 0. The van der Waals surface area contributed by atoms with Gasteiger partial charge in [-0.2, -0.15) is 0 Å². The van der Waals surface area contributed by atoms with Gasteiger partial charge < -0.3 is 2.85 Å². The van der Waals surface area contributed by atoms with Gasteiger partial charge in [-0.05, 0) is 18.4 Å². The fourth-order valence-electron chi connectivity index (χ4n) is 1.03. The van der Waals surface area contributed by atoms with Gasteiger partial charge in [0.15, 0.2) is 0 Å². The minimum atomic E-state index is 0. The molecule has 0 aliphatic carbocycles. The van der Waals surface area contributed by atoms with E-state index in [4.69, 9.17) is 0 Å². The molecule has 0 amide bonds. The molecule has 0 N–H and O–H groups in total. The molecule has 0 fully saturated rings. The second-order valence-corrected chi connectivity index (χ2v) is 2.59. The minimum Gasteiger partial charge on any atom is -1.00 e. The molecule has 58 valence electrons. The molecule has 0 nitrogen and oxygen atoms in total. The fourth-order valence-corrected chi connectivity index (χ4v) is 1.03. The van der Waals surface area contributed by atoms with Crippen molar-refractivity contribution in [3.63, 3.8) is 0 Å². The number of hydrogen-bond donors (Lipinski definition) is 0. The molecular weight excluding hydrogens is 144 g/mol. The van der Waals surface area contributed by atoms with Crippen molar-refractivity contribution in [2.45, 2.75) is 26.2 Å². The molecule has 0 saturated heterocycles. The smallest absolute Gasteiger partial charge is 1.00 e. The molecule has 0 unspecified atom stereocenters. The van der Waals surface area contributed by atoms with Crippen molar-refractivity contribution in [2.24, 2.45) is 0 Å². The van der Waals surface area contributed by atoms with Gasteiger partial charge in [-0.1, -0.05) is 43.7 Å². The van der Waals surface area contributed by atoms with Crippen LogP contribution in [-0.4, -0.2) is 23.1 Å². The van der Waals surface area contributed by atoms with Crippen LogP contribution in [0.15, 0.2) is 30.3 Å². The zero-order valence-electron chi connectivity index (χ0n) is 9.22. The Bertz CT molecular complexity index is 178. The van der Waals surface area contributed by atoms with Crippen LogP contribution < -0.4 is 0 Å². The third-order valence-electron chi connectivity index (χ3n) is 1.66. The second-order valence-electron chi connectivity index (χ2n) is 2.59. The number of aryl methyl sites for hydroxylation is 1. The third-order valence-corrected chi connectivity index (χ3v) is 1.66. The fraction of sp³-hybridized carbons (Fsp3) is 0.400. The number of benzene rings is 1. The molecule has 0 spiro atoms. The van der Waals surface area contributed by atoms with Crippen LogP contribution in [0.5, 0.6) is 0 Å². The summed E-state index contributed by atoms with van der Waals surface area (Å²) in [6.45, 7) is 2.23. The van der Waals surface area contributed by atoms with Gasteiger partial charge in [0.2, 0.25) is 0 Å². The van der Waals surface area contributed by atoms with Crippen LogP contribution in [0.2, 0.25) is 0 Å². The molecule has 1 heteroatoms. The first-order valence-corrected chi connectivity index (χ1v) is 3.97. The molecule has 0 aromatic heterocycles. The van der Waals surface area contributed by atoms with E-state index in [2.05, 4.69) is 37.3 Å². The predicted molar refractivity (Wildman–Crippen MR) is 53.0 cm³/mol. The molecule has 0 bridgehead atoms. The Morgan fingerprint density at radius 1 is 1.18 bits per heavy atom. The number of hydrogen-bond acceptors (Lipinski definition) is 0. The van der Waals surface area contributed by atoms with Crippen LogP contribution in [0.1, 0.15) is 28.2 Å². The van der Waals surface area contributed by atoms with Crippen molar-refractivity contribution in [1.82, 2.24) is 0 Å². The molecule has 0 atom stereocenters. The quantitative estimate of drug-likeness (QED) is 0.597. The Balaban J connectivity index is -0.000000333. The van der Waals surface area contributed by atoms with Crippen molar-refractivity contribution in [3.05, 3.63) is 35.9 Å². The normalized spacial score (nSPS) is 8.82. The number of unbranched alkanes of at least 4 members (excludes halogenated alkanes) is 1. The monoisotopic (exact) mass is 160 g/mol. The zero-order chi connectivity index (χ0) is 7.23. The summed E-state index contributed by atoms with van der Waals surface area (Å²) in [5.74, 6) is 0. The van der Waals surface area contributed by atoms with Gasteiger partial charge in [0.05, 0.1) is 0 Å². The maximum absolute atomic E-state index is 2.23. The number of rotatable bonds is 3. The first-order valence-electron chi connectivity index (χ1n) is 3.97. The van der Waals surface area contributed by atoms with Gasteiger partial charge in [0, 0.05) is 0 Å². The van der Waals surface area contributed by atoms with E-state index in [0.717, 1.165) is 0 Å². The van der Waals surface area contributed by atoms with Gasteiger partial charge in [0.25, 0.3) is 0 Å². The van der Waals surface area contributed by atoms with E-state index in [1.54, 1.807) is 0 Å². The Hall–Kier alpha value is -0.0138. The van der Waals surface area contributed by atoms with E-state index in [1.807, 2.05) is 0 Å². The van der Waals surface area contributed by atoms with Crippen molar-refractivity contribution >= 4 is 23.1 Å². The molecule has 1 aromatic rings. The molecule has 0 aliphatic heterocycles. The van der Waals surface area contributed by atoms with Crippen LogP contribution in [0.4, 0.5) is 0 Å². The summed E-state index contributed by atoms with van der Waals surface area (Å²) in [6, 6.07) is 10.6. The summed E-state index contributed by atoms with van der Waals surface area (Å²) in [5, 5.41) is 0. The van der Waals surface area contributed by atoms with E-state index in [1.165, 1.54) is 24.8 Å². The van der Waals surface area contributed by atoms with Gasteiger partial charge in [0.1, 0.15) is 0 Å². The maximum atomic E-state index is 2.23. The molecule has 11 heavy (non-hydrogen) atoms. The van der Waals surface area contributed by atoms with Crippen LogP contribution in [-0.2, 0) is 6.42 Å². The van der Waals surface area contributed by atoms with Crippen molar-refractivity contribution < 1.29 is 2.85 Å². The van der Waals surface area contributed by atoms with Gasteiger partial charge in [-0.15, -0.1) is 0 Å². The van der Waals surface area contributed by atoms with Gasteiger partial charge in [-0.3, -0.25) is 0 Å². The molecular formula is C10H16Mg. The zero-order valence-corrected chi connectivity index (χ0v) is 8.63. The van der Waals surface area contributed by atoms with Crippen LogP contribution in [0.25, 0.3) is 0 Å². The topological polar surface area (TPSA) is 0 Å². The summed E-state index contributed by atoms with van der Waals surface area (Å²) in [6.07, 6.45) is 3.83. The Labute approximate surface area is 88.1 Å². The molecule has 1 aromatic carbocycles. The van der Waals surface area contributed by atoms with Gasteiger partial charge >= 0.3 is 23.1 Å². The standard InChI is InChI=1S/C10H14.Mg.2H/c1-2-3-7-10-8-5-4-6-9-10;;;/h4-6,8-9H,2-3,7H2,1H3;;;/q;+2;2*-1. The van der Waals surface area contributed by atoms with E-state index in [0.29, 0.717) is 0 Å². The SMILES string of the molecule is CCCCc1ccccc1.[H-].[H-].[Mg+2]. The average molecular weight is 161 g/mol. The van der Waals surface area contributed by atoms with E-state index >= 15 is 0 Å². The summed E-state index contributed by atoms with van der Waals surface area (Å²) in [4.78, 5) is 0. The van der Waals surface area contributed by atoms with E-state index in [-0.39, 0.29) is 25.9 Å². The molecule has 0 aliphatic rings. The summed E-state index contributed by atoms with van der Waals surface area (Å²) in [5.41, 5.74) is 1.46. The molecule has 0 heterocycles.